The Balaban J connectivity index is 2.11. The summed E-state index contributed by atoms with van der Waals surface area (Å²) in [5.41, 5.74) is 6.41. The minimum atomic E-state index is 0.242. The molecule has 1 saturated heterocycles. The standard InChI is InChI=1S/C15H25BrN2S/c1-3-5-11-8-9-18(10-11)15(12(17)4-2)13-6-7-14(16)19-13/h6-7,11-12,15H,3-5,8-10,17H2,1-2H3. The summed E-state index contributed by atoms with van der Waals surface area (Å²) >= 11 is 5.41. The molecule has 19 heavy (non-hydrogen) atoms. The van der Waals surface area contributed by atoms with E-state index >= 15 is 0 Å². The Morgan fingerprint density at radius 1 is 1.47 bits per heavy atom. The predicted octanol–water partition coefficient (Wildman–Crippen LogP) is 4.41. The minimum Gasteiger partial charge on any atom is -0.326 e. The topological polar surface area (TPSA) is 29.3 Å². The van der Waals surface area contributed by atoms with E-state index in [0.717, 1.165) is 12.3 Å². The smallest absolute Gasteiger partial charge is 0.0702 e. The van der Waals surface area contributed by atoms with Gasteiger partial charge in [-0.2, -0.15) is 0 Å². The van der Waals surface area contributed by atoms with E-state index in [1.54, 1.807) is 0 Å². The van der Waals surface area contributed by atoms with Crippen molar-refractivity contribution in [2.45, 2.75) is 51.6 Å². The summed E-state index contributed by atoms with van der Waals surface area (Å²) in [5, 5.41) is 0. The lowest BCUT2D eigenvalue weighted by Gasteiger charge is -2.31. The van der Waals surface area contributed by atoms with E-state index in [0.29, 0.717) is 6.04 Å². The summed E-state index contributed by atoms with van der Waals surface area (Å²) in [6.45, 7) is 6.91. The van der Waals surface area contributed by atoms with E-state index in [2.05, 4.69) is 46.8 Å². The van der Waals surface area contributed by atoms with Crippen molar-refractivity contribution < 1.29 is 0 Å². The van der Waals surface area contributed by atoms with Gasteiger partial charge in [0.2, 0.25) is 0 Å². The highest BCUT2D eigenvalue weighted by molar-refractivity contribution is 9.11. The van der Waals surface area contributed by atoms with Gasteiger partial charge in [-0.05, 0) is 59.8 Å². The molecule has 0 aliphatic carbocycles. The van der Waals surface area contributed by atoms with Gasteiger partial charge in [-0.3, -0.25) is 4.90 Å². The molecule has 2 nitrogen and oxygen atoms in total. The number of rotatable bonds is 6. The van der Waals surface area contributed by atoms with E-state index in [4.69, 9.17) is 5.73 Å². The van der Waals surface area contributed by atoms with Crippen LogP contribution >= 0.6 is 27.3 Å². The van der Waals surface area contributed by atoms with Crippen molar-refractivity contribution in [3.8, 4) is 0 Å². The first-order valence-corrected chi connectivity index (χ1v) is 9.01. The molecule has 3 unspecified atom stereocenters. The first kappa shape index (κ1) is 15.5. The Labute approximate surface area is 129 Å². The Kier molecular flexibility index (Phi) is 5.87. The quantitative estimate of drug-likeness (QED) is 0.827. The molecule has 0 amide bonds. The molecule has 0 radical (unpaired) electrons. The van der Waals surface area contributed by atoms with Crippen LogP contribution in [0.1, 0.15) is 50.4 Å². The molecule has 1 aromatic rings. The van der Waals surface area contributed by atoms with Crippen LogP contribution in [0.4, 0.5) is 0 Å². The fourth-order valence-electron chi connectivity index (χ4n) is 3.13. The normalized spacial score (nSPS) is 23.7. The van der Waals surface area contributed by atoms with Gasteiger partial charge >= 0.3 is 0 Å². The lowest BCUT2D eigenvalue weighted by atomic mass is 10.0. The second-order valence-corrected chi connectivity index (χ2v) is 8.09. The first-order chi connectivity index (χ1) is 9.15. The van der Waals surface area contributed by atoms with Crippen LogP contribution in [0.3, 0.4) is 0 Å². The summed E-state index contributed by atoms with van der Waals surface area (Å²) in [5.74, 6) is 0.875. The molecule has 0 bridgehead atoms. The third-order valence-electron chi connectivity index (χ3n) is 4.17. The maximum absolute atomic E-state index is 6.41. The van der Waals surface area contributed by atoms with Crippen molar-refractivity contribution in [1.29, 1.82) is 0 Å². The van der Waals surface area contributed by atoms with E-state index in [-0.39, 0.29) is 6.04 Å². The number of thiophene rings is 1. The van der Waals surface area contributed by atoms with Crippen LogP contribution in [0.25, 0.3) is 0 Å². The van der Waals surface area contributed by atoms with Crippen molar-refractivity contribution in [3.63, 3.8) is 0 Å². The van der Waals surface area contributed by atoms with Crippen molar-refractivity contribution in [2.24, 2.45) is 11.7 Å². The Hall–Kier alpha value is 0.1000. The molecule has 1 fully saturated rings. The molecule has 0 saturated carbocycles. The van der Waals surface area contributed by atoms with Gasteiger partial charge in [-0.1, -0.05) is 20.3 Å². The van der Waals surface area contributed by atoms with Gasteiger partial charge in [0, 0.05) is 17.5 Å². The van der Waals surface area contributed by atoms with Gasteiger partial charge in [0.1, 0.15) is 0 Å². The van der Waals surface area contributed by atoms with E-state index < -0.39 is 0 Å². The van der Waals surface area contributed by atoms with Crippen molar-refractivity contribution in [2.75, 3.05) is 13.1 Å². The van der Waals surface area contributed by atoms with E-state index in [9.17, 15) is 0 Å². The number of hydrogen-bond acceptors (Lipinski definition) is 3. The second-order valence-electron chi connectivity index (χ2n) is 5.60. The molecule has 3 atom stereocenters. The van der Waals surface area contributed by atoms with Crippen LogP contribution < -0.4 is 5.73 Å². The fourth-order valence-corrected chi connectivity index (χ4v) is 4.77. The van der Waals surface area contributed by atoms with Crippen molar-refractivity contribution in [3.05, 3.63) is 20.8 Å². The number of likely N-dealkylation sites (tertiary alicyclic amines) is 1. The molecular weight excluding hydrogens is 320 g/mol. The van der Waals surface area contributed by atoms with Gasteiger partial charge in [-0.25, -0.2) is 0 Å². The van der Waals surface area contributed by atoms with Gasteiger partial charge in [0.15, 0.2) is 0 Å². The maximum Gasteiger partial charge on any atom is 0.0702 e. The van der Waals surface area contributed by atoms with Crippen molar-refractivity contribution >= 4 is 27.3 Å². The molecule has 4 heteroatoms. The van der Waals surface area contributed by atoms with Crippen LogP contribution in [0.15, 0.2) is 15.9 Å². The average Bonchev–Trinajstić information content (AvgIpc) is 3.00. The average molecular weight is 345 g/mol. The largest absolute Gasteiger partial charge is 0.326 e. The lowest BCUT2D eigenvalue weighted by molar-refractivity contribution is 0.204. The maximum atomic E-state index is 6.41. The zero-order valence-electron chi connectivity index (χ0n) is 11.9. The first-order valence-electron chi connectivity index (χ1n) is 7.40. The van der Waals surface area contributed by atoms with E-state index in [1.807, 2.05) is 11.3 Å². The summed E-state index contributed by atoms with van der Waals surface area (Å²) in [4.78, 5) is 4.03. The third-order valence-corrected chi connectivity index (χ3v) is 5.86. The molecule has 2 N–H and O–H groups in total. The number of halogens is 1. The molecule has 108 valence electrons. The molecular formula is C15H25BrN2S. The molecule has 1 aliphatic rings. The highest BCUT2D eigenvalue weighted by atomic mass is 79.9. The molecule has 1 aliphatic heterocycles. The van der Waals surface area contributed by atoms with Gasteiger partial charge in [0.05, 0.1) is 9.83 Å². The zero-order valence-corrected chi connectivity index (χ0v) is 14.3. The molecule has 2 rings (SSSR count). The van der Waals surface area contributed by atoms with Crippen LogP contribution in [0, 0.1) is 5.92 Å². The summed E-state index contributed by atoms with van der Waals surface area (Å²) in [6.07, 6.45) is 5.04. The summed E-state index contributed by atoms with van der Waals surface area (Å²) in [7, 11) is 0. The monoisotopic (exact) mass is 344 g/mol. The molecule has 0 aromatic carbocycles. The van der Waals surface area contributed by atoms with Crippen LogP contribution in [0.5, 0.6) is 0 Å². The van der Waals surface area contributed by atoms with E-state index in [1.165, 1.54) is 41.0 Å². The number of nitrogens with two attached hydrogens (primary N) is 1. The molecule has 0 spiro atoms. The fraction of sp³-hybridized carbons (Fsp3) is 0.733. The predicted molar refractivity (Wildman–Crippen MR) is 87.6 cm³/mol. The minimum absolute atomic E-state index is 0.242. The van der Waals surface area contributed by atoms with Crippen LogP contribution in [-0.4, -0.2) is 24.0 Å². The Bertz CT molecular complexity index is 393. The highest BCUT2D eigenvalue weighted by Crippen LogP contribution is 2.36. The highest BCUT2D eigenvalue weighted by Gasteiger charge is 2.32. The van der Waals surface area contributed by atoms with Gasteiger partial charge in [-0.15, -0.1) is 11.3 Å². The summed E-state index contributed by atoms with van der Waals surface area (Å²) < 4.78 is 1.21. The summed E-state index contributed by atoms with van der Waals surface area (Å²) in [6, 6.07) is 5.03. The van der Waals surface area contributed by atoms with Crippen LogP contribution in [-0.2, 0) is 0 Å². The second kappa shape index (κ2) is 7.21. The Morgan fingerprint density at radius 3 is 2.84 bits per heavy atom. The molecule has 2 heterocycles. The number of hydrogen-bond donors (Lipinski definition) is 1. The third kappa shape index (κ3) is 3.81. The number of nitrogens with zero attached hydrogens (tertiary/aromatic N) is 1. The molecule has 1 aromatic heterocycles. The SMILES string of the molecule is CCCC1CCN(C(c2ccc(Br)s2)C(N)CC)C1. The Morgan fingerprint density at radius 2 is 2.26 bits per heavy atom. The van der Waals surface area contributed by atoms with Crippen molar-refractivity contribution in [1.82, 2.24) is 4.90 Å². The van der Waals surface area contributed by atoms with Gasteiger partial charge in [0.25, 0.3) is 0 Å². The zero-order chi connectivity index (χ0) is 13.8. The van der Waals surface area contributed by atoms with Gasteiger partial charge < -0.3 is 5.73 Å². The lowest BCUT2D eigenvalue weighted by Crippen LogP contribution is -2.39. The van der Waals surface area contributed by atoms with Crippen LogP contribution in [0.2, 0.25) is 0 Å².